The second-order valence-electron chi connectivity index (χ2n) is 6.88. The van der Waals surface area contributed by atoms with Crippen LogP contribution in [0.25, 0.3) is 0 Å². The summed E-state index contributed by atoms with van der Waals surface area (Å²) in [5, 5.41) is 2.82. The molecule has 0 saturated carbocycles. The summed E-state index contributed by atoms with van der Waals surface area (Å²) in [5.41, 5.74) is 1.19. The molecule has 3 amide bonds. The number of hydrogen-bond donors (Lipinski definition) is 1. The summed E-state index contributed by atoms with van der Waals surface area (Å²) in [6, 6.07) is 11.9. The smallest absolute Gasteiger partial charge is 0.325 e. The van der Waals surface area contributed by atoms with Gasteiger partial charge in [0.1, 0.15) is 5.54 Å². The lowest BCUT2D eigenvalue weighted by Crippen LogP contribution is -2.42. The van der Waals surface area contributed by atoms with Gasteiger partial charge >= 0.3 is 6.03 Å². The monoisotopic (exact) mass is 364 g/mol. The predicted molar refractivity (Wildman–Crippen MR) is 93.6 cm³/mol. The lowest BCUT2D eigenvalue weighted by Gasteiger charge is -2.22. The average molecular weight is 364 g/mol. The van der Waals surface area contributed by atoms with Crippen LogP contribution >= 0.6 is 0 Å². The number of benzene rings is 2. The number of ketones is 1. The Morgan fingerprint density at radius 3 is 2.81 bits per heavy atom. The van der Waals surface area contributed by atoms with Gasteiger partial charge in [-0.1, -0.05) is 24.3 Å². The van der Waals surface area contributed by atoms with E-state index >= 15 is 0 Å². The summed E-state index contributed by atoms with van der Waals surface area (Å²) in [4.78, 5) is 39.3. The number of Topliss-reactive ketones (excluding diaryl/α,β-unsaturated/α-hetero) is 1. The molecule has 1 N–H and O–H groups in total. The summed E-state index contributed by atoms with van der Waals surface area (Å²) in [7, 11) is 0. The Hall–Kier alpha value is -3.35. The minimum Gasteiger partial charge on any atom is -0.454 e. The van der Waals surface area contributed by atoms with Crippen LogP contribution in [0.1, 0.15) is 27.9 Å². The molecule has 136 valence electrons. The Balaban J connectivity index is 1.41. The molecule has 0 radical (unpaired) electrons. The maximum atomic E-state index is 13.1. The minimum absolute atomic E-state index is 0.113. The molecular weight excluding hydrogens is 348 g/mol. The lowest BCUT2D eigenvalue weighted by molar-refractivity contribution is -0.131. The minimum atomic E-state index is -1.05. The highest BCUT2D eigenvalue weighted by Crippen LogP contribution is 2.41. The Bertz CT molecular complexity index is 1000. The van der Waals surface area contributed by atoms with E-state index in [2.05, 4.69) is 5.32 Å². The molecule has 3 aliphatic rings. The number of carbonyl (C=O) groups is 3. The van der Waals surface area contributed by atoms with Crippen LogP contribution in [0.3, 0.4) is 0 Å². The molecule has 1 atom stereocenters. The van der Waals surface area contributed by atoms with Crippen molar-refractivity contribution >= 4 is 17.7 Å². The number of nitrogens with one attached hydrogen (secondary N) is 1. The molecule has 1 saturated heterocycles. The van der Waals surface area contributed by atoms with Gasteiger partial charge in [-0.15, -0.1) is 0 Å². The molecule has 2 aromatic carbocycles. The van der Waals surface area contributed by atoms with Crippen LogP contribution in [0.15, 0.2) is 42.5 Å². The molecule has 1 aliphatic carbocycles. The fraction of sp³-hybridized carbons (Fsp3) is 0.250. The number of amides is 3. The third-order valence-electron chi connectivity index (χ3n) is 5.42. The fourth-order valence-electron chi connectivity index (χ4n) is 4.04. The number of carbonyl (C=O) groups excluding carboxylic acids is 3. The summed E-state index contributed by atoms with van der Waals surface area (Å²) in [5.74, 6) is 0.356. The normalized spacial score (nSPS) is 22.3. The zero-order valence-corrected chi connectivity index (χ0v) is 14.4. The van der Waals surface area contributed by atoms with Crippen LogP contribution in [0.4, 0.5) is 4.79 Å². The van der Waals surface area contributed by atoms with Crippen molar-refractivity contribution < 1.29 is 23.9 Å². The fourth-order valence-corrected chi connectivity index (χ4v) is 4.04. The number of aryl methyl sites for hydroxylation is 1. The molecule has 5 rings (SSSR count). The number of rotatable bonds is 3. The van der Waals surface area contributed by atoms with Gasteiger partial charge in [-0.2, -0.15) is 0 Å². The van der Waals surface area contributed by atoms with Crippen molar-refractivity contribution in [2.24, 2.45) is 0 Å². The average Bonchev–Trinajstić information content (AvgIpc) is 3.35. The van der Waals surface area contributed by atoms with Crippen LogP contribution < -0.4 is 14.8 Å². The molecule has 2 heterocycles. The van der Waals surface area contributed by atoms with Crippen molar-refractivity contribution in [1.29, 1.82) is 0 Å². The number of imide groups is 1. The highest BCUT2D eigenvalue weighted by atomic mass is 16.7. The molecule has 2 aromatic rings. The number of ether oxygens (including phenoxy) is 2. The first-order valence-electron chi connectivity index (χ1n) is 8.74. The maximum Gasteiger partial charge on any atom is 0.325 e. The molecular formula is C20H16N2O5. The van der Waals surface area contributed by atoms with Gasteiger partial charge in [0, 0.05) is 5.56 Å². The molecule has 7 heteroatoms. The second-order valence-corrected chi connectivity index (χ2v) is 6.88. The third-order valence-corrected chi connectivity index (χ3v) is 5.42. The zero-order chi connectivity index (χ0) is 18.6. The van der Waals surface area contributed by atoms with E-state index in [0.717, 1.165) is 16.0 Å². The summed E-state index contributed by atoms with van der Waals surface area (Å²) in [6.45, 7) is -0.198. The second kappa shape index (κ2) is 5.57. The van der Waals surface area contributed by atoms with Gasteiger partial charge in [0.2, 0.25) is 6.79 Å². The SMILES string of the molecule is O=C(CN1C(=O)N[C@]2(CCc3ccccc32)C1=O)c1ccc2c(c1)OCO2. The first-order valence-corrected chi connectivity index (χ1v) is 8.74. The van der Waals surface area contributed by atoms with Gasteiger partial charge in [0.05, 0.1) is 6.54 Å². The van der Waals surface area contributed by atoms with E-state index in [1.165, 1.54) is 0 Å². The molecule has 2 aliphatic heterocycles. The molecule has 27 heavy (non-hydrogen) atoms. The van der Waals surface area contributed by atoms with Crippen molar-refractivity contribution in [3.63, 3.8) is 0 Å². The van der Waals surface area contributed by atoms with Crippen molar-refractivity contribution in [1.82, 2.24) is 10.2 Å². The quantitative estimate of drug-likeness (QED) is 0.665. The highest BCUT2D eigenvalue weighted by Gasteiger charge is 2.55. The predicted octanol–water partition coefficient (Wildman–Crippen LogP) is 1.99. The molecule has 1 fully saturated rings. The van der Waals surface area contributed by atoms with E-state index in [0.29, 0.717) is 29.9 Å². The number of urea groups is 1. The van der Waals surface area contributed by atoms with E-state index in [4.69, 9.17) is 9.47 Å². The largest absolute Gasteiger partial charge is 0.454 e. The molecule has 0 aromatic heterocycles. The number of hydrogen-bond acceptors (Lipinski definition) is 5. The first-order chi connectivity index (χ1) is 13.1. The molecule has 7 nitrogen and oxygen atoms in total. The van der Waals surface area contributed by atoms with Crippen molar-refractivity contribution in [3.05, 3.63) is 59.2 Å². The Kier molecular flexibility index (Phi) is 3.28. The van der Waals surface area contributed by atoms with E-state index in [-0.39, 0.29) is 25.0 Å². The number of nitrogens with zero attached hydrogens (tertiary/aromatic N) is 1. The van der Waals surface area contributed by atoms with Gasteiger partial charge in [0.25, 0.3) is 5.91 Å². The Morgan fingerprint density at radius 1 is 1.11 bits per heavy atom. The van der Waals surface area contributed by atoms with E-state index in [1.807, 2.05) is 24.3 Å². The third kappa shape index (κ3) is 2.24. The topological polar surface area (TPSA) is 84.9 Å². The highest BCUT2D eigenvalue weighted by molar-refractivity contribution is 6.12. The van der Waals surface area contributed by atoms with Crippen molar-refractivity contribution in [2.45, 2.75) is 18.4 Å². The van der Waals surface area contributed by atoms with Crippen molar-refractivity contribution in [2.75, 3.05) is 13.3 Å². The van der Waals surface area contributed by atoms with Gasteiger partial charge in [-0.05, 0) is 42.2 Å². The van der Waals surface area contributed by atoms with Crippen LogP contribution in [-0.4, -0.2) is 36.0 Å². The summed E-state index contributed by atoms with van der Waals surface area (Å²) < 4.78 is 10.5. The molecule has 0 unspecified atom stereocenters. The van der Waals surface area contributed by atoms with Gasteiger partial charge in [-0.25, -0.2) is 4.79 Å². The molecule has 0 bridgehead atoms. The molecule has 1 spiro atoms. The standard InChI is InChI=1S/C20H16N2O5/c23-15(13-5-6-16-17(9-13)27-11-26-16)10-22-18(24)20(21-19(22)25)8-7-12-3-1-2-4-14(12)20/h1-6,9H,7-8,10-11H2,(H,21,25)/t20-/m0/s1. The van der Waals surface area contributed by atoms with Crippen LogP contribution in [0.5, 0.6) is 11.5 Å². The summed E-state index contributed by atoms with van der Waals surface area (Å²) >= 11 is 0. The summed E-state index contributed by atoms with van der Waals surface area (Å²) in [6.07, 6.45) is 1.22. The van der Waals surface area contributed by atoms with Crippen LogP contribution in [0, 0.1) is 0 Å². The maximum absolute atomic E-state index is 13.1. The van der Waals surface area contributed by atoms with Crippen LogP contribution in [0.2, 0.25) is 0 Å². The van der Waals surface area contributed by atoms with Gasteiger partial charge < -0.3 is 14.8 Å². The van der Waals surface area contributed by atoms with Crippen molar-refractivity contribution in [3.8, 4) is 11.5 Å². The van der Waals surface area contributed by atoms with E-state index in [9.17, 15) is 14.4 Å². The van der Waals surface area contributed by atoms with Gasteiger partial charge in [-0.3, -0.25) is 14.5 Å². The Labute approximate surface area is 154 Å². The van der Waals surface area contributed by atoms with E-state index < -0.39 is 11.6 Å². The zero-order valence-electron chi connectivity index (χ0n) is 14.4. The van der Waals surface area contributed by atoms with E-state index in [1.54, 1.807) is 18.2 Å². The van der Waals surface area contributed by atoms with Crippen LogP contribution in [-0.2, 0) is 16.8 Å². The Morgan fingerprint density at radius 2 is 1.93 bits per heavy atom. The number of fused-ring (bicyclic) bond motifs is 3. The first kappa shape index (κ1) is 15.9. The lowest BCUT2D eigenvalue weighted by atomic mass is 9.92. The van der Waals surface area contributed by atoms with Gasteiger partial charge in [0.15, 0.2) is 17.3 Å².